The van der Waals surface area contributed by atoms with Gasteiger partial charge >= 0.3 is 0 Å². The summed E-state index contributed by atoms with van der Waals surface area (Å²) in [6.45, 7) is 6.37. The normalized spacial score (nSPS) is 17.4. The molecule has 0 radical (unpaired) electrons. The van der Waals surface area contributed by atoms with E-state index in [0.29, 0.717) is 38.0 Å². The van der Waals surface area contributed by atoms with E-state index in [1.54, 1.807) is 42.5 Å². The first-order valence-corrected chi connectivity index (χ1v) is 19.0. The molecule has 0 aliphatic heterocycles. The van der Waals surface area contributed by atoms with Gasteiger partial charge in [0.2, 0.25) is 0 Å². The Bertz CT molecular complexity index is 2170. The second-order valence-corrected chi connectivity index (χ2v) is 16.9. The Hall–Kier alpha value is -3.82. The number of halogens is 3. The largest absolute Gasteiger partial charge is 0.489 e. The molecule has 1 N–H and O–H groups in total. The number of rotatable bonds is 10. The molecule has 2 aliphatic carbocycles. The van der Waals surface area contributed by atoms with Crippen LogP contribution in [0.2, 0.25) is 15.1 Å². The summed E-state index contributed by atoms with van der Waals surface area (Å²) in [4.78, 5) is 12.9. The zero-order valence-electron chi connectivity index (χ0n) is 27.7. The molecule has 1 amide bonds. The summed E-state index contributed by atoms with van der Waals surface area (Å²) in [6.07, 6.45) is 2.97. The Kier molecular flexibility index (Phi) is 9.27. The summed E-state index contributed by atoms with van der Waals surface area (Å²) in [5, 5.41) is 5.92. The molecule has 258 valence electrons. The number of aromatic nitrogens is 1. The third-order valence-electron chi connectivity index (χ3n) is 9.37. The molecule has 1 heterocycles. The average Bonchev–Trinajstić information content (AvgIpc) is 4.02. The molecular weight excluding hydrogens is 715 g/mol. The van der Waals surface area contributed by atoms with Crippen LogP contribution in [0, 0.1) is 0 Å². The van der Waals surface area contributed by atoms with Gasteiger partial charge in [-0.05, 0) is 102 Å². The van der Waals surface area contributed by atoms with Crippen LogP contribution in [0.5, 0.6) is 5.75 Å². The number of carbonyl (C=O) groups is 1. The predicted molar refractivity (Wildman–Crippen MR) is 196 cm³/mol. The fourth-order valence-corrected chi connectivity index (χ4v) is 8.13. The first kappa shape index (κ1) is 34.6. The van der Waals surface area contributed by atoms with Gasteiger partial charge in [-0.15, -0.1) is 0 Å². The Balaban J connectivity index is 0.993. The van der Waals surface area contributed by atoms with Gasteiger partial charge in [-0.25, -0.2) is 13.1 Å². The molecule has 7 rings (SSSR count). The maximum absolute atomic E-state index is 12.9. The number of benzene rings is 4. The highest BCUT2D eigenvalue weighted by molar-refractivity contribution is 7.90. The van der Waals surface area contributed by atoms with Crippen LogP contribution < -0.4 is 9.46 Å². The molecule has 2 fully saturated rings. The average molecular weight is 750 g/mol. The molecule has 11 heteroatoms. The lowest BCUT2D eigenvalue weighted by Crippen LogP contribution is -2.30. The van der Waals surface area contributed by atoms with Crippen LogP contribution in [0.15, 0.2) is 94.3 Å². The molecule has 2 saturated carbocycles. The van der Waals surface area contributed by atoms with Crippen molar-refractivity contribution >= 4 is 50.7 Å². The van der Waals surface area contributed by atoms with Gasteiger partial charge in [0.1, 0.15) is 23.8 Å². The quantitative estimate of drug-likeness (QED) is 0.153. The number of hydrogen-bond acceptors (Lipinski definition) is 6. The van der Waals surface area contributed by atoms with Gasteiger partial charge in [0, 0.05) is 22.1 Å². The summed E-state index contributed by atoms with van der Waals surface area (Å²) in [6, 6.07) is 24.7. The third-order valence-corrected chi connectivity index (χ3v) is 11.7. The maximum Gasteiger partial charge on any atom is 0.264 e. The van der Waals surface area contributed by atoms with Gasteiger partial charge in [0.15, 0.2) is 0 Å². The summed E-state index contributed by atoms with van der Waals surface area (Å²) in [5.74, 6) is 1.48. The van der Waals surface area contributed by atoms with Crippen LogP contribution in [0.3, 0.4) is 0 Å². The first-order valence-electron chi connectivity index (χ1n) is 16.4. The van der Waals surface area contributed by atoms with Crippen molar-refractivity contribution in [1.29, 1.82) is 0 Å². The highest BCUT2D eigenvalue weighted by Crippen LogP contribution is 2.56. The van der Waals surface area contributed by atoms with Crippen LogP contribution in [0.4, 0.5) is 0 Å². The molecule has 4 aromatic carbocycles. The van der Waals surface area contributed by atoms with Crippen LogP contribution >= 0.6 is 34.8 Å². The maximum atomic E-state index is 12.9. The minimum absolute atomic E-state index is 0.0397. The lowest BCUT2D eigenvalue weighted by atomic mass is 9.87. The summed E-state index contributed by atoms with van der Waals surface area (Å²) in [5.41, 5.74) is 5.25. The third kappa shape index (κ3) is 7.17. The highest BCUT2D eigenvalue weighted by Gasteiger charge is 2.41. The SMILES string of the molecule is CC(C)(C)c1ccc(S(=O)(=O)NC(=O)c2ccc([C@@H]3C[C@H]3c3ccc(OCc4c(-c5c(Cl)cccc5Cl)noc4C4CC4)cc3Cl)cc2)cc1. The van der Waals surface area contributed by atoms with Gasteiger partial charge in [-0.2, -0.15) is 0 Å². The number of sulfonamides is 1. The Morgan fingerprint density at radius 2 is 1.58 bits per heavy atom. The van der Waals surface area contributed by atoms with E-state index in [1.807, 2.05) is 51.1 Å². The Morgan fingerprint density at radius 1 is 0.900 bits per heavy atom. The van der Waals surface area contributed by atoms with E-state index in [9.17, 15) is 13.2 Å². The van der Waals surface area contributed by atoms with Gasteiger partial charge in [-0.1, -0.05) is 97.1 Å². The molecule has 0 bridgehead atoms. The van der Waals surface area contributed by atoms with E-state index in [2.05, 4.69) is 9.88 Å². The van der Waals surface area contributed by atoms with E-state index in [-0.39, 0.29) is 34.3 Å². The number of hydrogen-bond donors (Lipinski definition) is 1. The topological polar surface area (TPSA) is 98.5 Å². The standard InChI is InChI=1S/C39H35Cl3N2O5S/c1-39(2,3)25-13-16-27(17-14-25)50(46,47)44-38(45)24-11-7-22(8-12-24)29-20-30(29)28-18-15-26(19-34(28)42)48-21-31-36(43-49-37(31)23-9-10-23)35-32(40)5-4-6-33(35)41/h4-8,11-19,23,29-30H,9-10,20-21H2,1-3H3,(H,44,45)/t29-,30-/m0/s1. The second kappa shape index (κ2) is 13.4. The van der Waals surface area contributed by atoms with E-state index >= 15 is 0 Å². The zero-order valence-corrected chi connectivity index (χ0v) is 30.8. The van der Waals surface area contributed by atoms with Crippen molar-refractivity contribution in [3.63, 3.8) is 0 Å². The summed E-state index contributed by atoms with van der Waals surface area (Å²) in [7, 11) is -4.02. The van der Waals surface area contributed by atoms with Gasteiger partial charge in [-0.3, -0.25) is 4.79 Å². The van der Waals surface area contributed by atoms with Crippen molar-refractivity contribution in [2.45, 2.75) is 74.7 Å². The number of amides is 1. The molecule has 5 aromatic rings. The number of nitrogens with zero attached hydrogens (tertiary/aromatic N) is 1. The summed E-state index contributed by atoms with van der Waals surface area (Å²) < 4.78 is 40.0. The molecule has 0 spiro atoms. The number of nitrogens with one attached hydrogen (secondary N) is 1. The number of carbonyl (C=O) groups excluding carboxylic acids is 1. The first-order chi connectivity index (χ1) is 23.8. The lowest BCUT2D eigenvalue weighted by Gasteiger charge is -2.19. The minimum Gasteiger partial charge on any atom is -0.489 e. The molecule has 0 unspecified atom stereocenters. The van der Waals surface area contributed by atoms with Gasteiger partial charge < -0.3 is 9.26 Å². The van der Waals surface area contributed by atoms with E-state index < -0.39 is 15.9 Å². The van der Waals surface area contributed by atoms with E-state index in [1.165, 1.54) is 12.1 Å². The molecule has 2 aliphatic rings. The van der Waals surface area contributed by atoms with Crippen LogP contribution in [-0.2, 0) is 22.0 Å². The molecule has 7 nitrogen and oxygen atoms in total. The van der Waals surface area contributed by atoms with Crippen LogP contribution in [0.1, 0.15) is 96.2 Å². The second-order valence-electron chi connectivity index (χ2n) is 14.0. The fraction of sp³-hybridized carbons (Fsp3) is 0.282. The van der Waals surface area contributed by atoms with Crippen molar-refractivity contribution in [1.82, 2.24) is 9.88 Å². The Labute approximate surface area is 306 Å². The zero-order chi connectivity index (χ0) is 35.4. The Morgan fingerprint density at radius 3 is 2.20 bits per heavy atom. The molecule has 1 aromatic heterocycles. The monoisotopic (exact) mass is 748 g/mol. The van der Waals surface area contributed by atoms with Crippen LogP contribution in [-0.4, -0.2) is 19.5 Å². The van der Waals surface area contributed by atoms with Crippen molar-refractivity contribution in [2.75, 3.05) is 0 Å². The van der Waals surface area contributed by atoms with Crippen molar-refractivity contribution in [3.05, 3.63) is 134 Å². The fourth-order valence-electron chi connectivity index (χ4n) is 6.26. The minimum atomic E-state index is -4.02. The van der Waals surface area contributed by atoms with Gasteiger partial charge in [0.25, 0.3) is 15.9 Å². The summed E-state index contributed by atoms with van der Waals surface area (Å²) >= 11 is 19.8. The van der Waals surface area contributed by atoms with E-state index in [4.69, 9.17) is 44.1 Å². The number of ether oxygens (including phenoxy) is 1. The van der Waals surface area contributed by atoms with Crippen molar-refractivity contribution in [2.24, 2.45) is 0 Å². The van der Waals surface area contributed by atoms with E-state index in [0.717, 1.165) is 47.3 Å². The molecular formula is C39H35Cl3N2O5S. The van der Waals surface area contributed by atoms with Crippen molar-refractivity contribution < 1.29 is 22.5 Å². The smallest absolute Gasteiger partial charge is 0.264 e. The lowest BCUT2D eigenvalue weighted by molar-refractivity contribution is 0.0981. The highest BCUT2D eigenvalue weighted by atomic mass is 35.5. The molecule has 0 saturated heterocycles. The molecule has 50 heavy (non-hydrogen) atoms. The van der Waals surface area contributed by atoms with Gasteiger partial charge in [0.05, 0.1) is 20.5 Å². The predicted octanol–water partition coefficient (Wildman–Crippen LogP) is 10.4. The molecule has 2 atom stereocenters. The van der Waals surface area contributed by atoms with Crippen molar-refractivity contribution in [3.8, 4) is 17.0 Å². The van der Waals surface area contributed by atoms with Crippen LogP contribution in [0.25, 0.3) is 11.3 Å².